The van der Waals surface area contributed by atoms with Gasteiger partial charge in [0.25, 0.3) is 0 Å². The number of hydrogen-bond acceptors (Lipinski definition) is 2. The molecule has 8 aromatic carbocycles. The summed E-state index contributed by atoms with van der Waals surface area (Å²) in [5, 5.41) is 9.70. The van der Waals surface area contributed by atoms with Crippen LogP contribution in [0.2, 0.25) is 0 Å². The van der Waals surface area contributed by atoms with Crippen molar-refractivity contribution < 1.29 is 4.57 Å². The van der Waals surface area contributed by atoms with Crippen LogP contribution in [0.15, 0.2) is 206 Å². The summed E-state index contributed by atoms with van der Waals surface area (Å²) in [6.07, 6.45) is 0. The number of nitrogens with zero attached hydrogens (tertiary/aromatic N) is 2. The van der Waals surface area contributed by atoms with Crippen molar-refractivity contribution in [3.63, 3.8) is 0 Å². The van der Waals surface area contributed by atoms with Gasteiger partial charge in [-0.3, -0.25) is 0 Å². The van der Waals surface area contributed by atoms with E-state index in [1.165, 1.54) is 15.9 Å². The normalized spacial score (nSPS) is 12.1. The summed E-state index contributed by atoms with van der Waals surface area (Å²) in [4.78, 5) is 5.23. The third-order valence-corrected chi connectivity index (χ3v) is 20.9. The van der Waals surface area contributed by atoms with E-state index < -0.39 is 12.7 Å². The first-order valence-corrected chi connectivity index (χ1v) is 24.1. The number of fused-ring (bicyclic) bond motifs is 8. The number of aromatic nitrogens is 2. The topological polar surface area (TPSA) is 34.4 Å². The number of pyridine rings is 1. The van der Waals surface area contributed by atoms with Gasteiger partial charge in [-0.25, -0.2) is 0 Å². The Kier molecular flexibility index (Phi) is 8.40. The van der Waals surface area contributed by atoms with Crippen LogP contribution in [0, 0.1) is 0 Å². The molecule has 0 amide bonds. The SMILES string of the molecule is O=P(c1ccccc1)(c1ccccc1)c1ccc2nc3c4ccccc4c4ccc(-c5ccc(P(=[Se])(c6ccccc6)c6ccccc6)cc5)cc4n3c2c1. The molecule has 6 heteroatoms. The fraction of sp³-hybridized carbons (Fsp3) is 0. The number of hydrogen-bond donors (Lipinski definition) is 0. The maximum absolute atomic E-state index is 15.5. The van der Waals surface area contributed by atoms with Crippen LogP contribution >= 0.6 is 12.7 Å². The standard InChI is InChI=1S/C49H34N2OP2Se/c52-53(37-15-5-1-6-16-37,38-17-7-2-8-18-38)42-30-32-46-48(34-42)51-47-33-36(27-31-44(47)43-23-13-14-24-45(43)49(51)50-46)35-25-28-41(29-26-35)54(55,39-19-9-3-10-20-39)40-21-11-4-12-22-40/h1-34H. The van der Waals surface area contributed by atoms with Gasteiger partial charge in [0.2, 0.25) is 0 Å². The predicted octanol–water partition coefficient (Wildman–Crippen LogP) is 9.48. The van der Waals surface area contributed by atoms with Gasteiger partial charge in [-0.1, -0.05) is 66.7 Å². The zero-order valence-electron chi connectivity index (χ0n) is 29.7. The molecule has 0 radical (unpaired) electrons. The molecule has 0 fully saturated rings. The van der Waals surface area contributed by atoms with Crippen LogP contribution in [-0.2, 0) is 4.57 Å². The molecule has 0 aliphatic carbocycles. The van der Waals surface area contributed by atoms with E-state index in [0.29, 0.717) is 0 Å². The third kappa shape index (κ3) is 5.52. The van der Waals surface area contributed by atoms with Crippen molar-refractivity contribution in [2.45, 2.75) is 0 Å². The van der Waals surface area contributed by atoms with E-state index in [2.05, 4.69) is 153 Å². The fourth-order valence-electron chi connectivity index (χ4n) is 8.03. The molecule has 2 aromatic heterocycles. The Labute approximate surface area is 327 Å². The van der Waals surface area contributed by atoms with Crippen LogP contribution < -0.4 is 31.8 Å². The molecule has 2 heterocycles. The Bertz CT molecular complexity index is 3040. The van der Waals surface area contributed by atoms with E-state index in [9.17, 15) is 0 Å². The third-order valence-electron chi connectivity index (χ3n) is 10.7. The van der Waals surface area contributed by atoms with Gasteiger partial charge in [0.05, 0.1) is 0 Å². The molecule has 0 bridgehead atoms. The van der Waals surface area contributed by atoms with Gasteiger partial charge in [-0.2, -0.15) is 0 Å². The predicted molar refractivity (Wildman–Crippen MR) is 237 cm³/mol. The van der Waals surface area contributed by atoms with Gasteiger partial charge in [-0.05, 0) is 6.07 Å². The molecule has 0 unspecified atom stereocenters. The van der Waals surface area contributed by atoms with Crippen molar-refractivity contribution >= 4 is 97.9 Å². The summed E-state index contributed by atoms with van der Waals surface area (Å²) in [5.41, 5.74) is 4.03. The number of benzene rings is 8. The molecule has 0 spiro atoms. The Hall–Kier alpha value is -5.59. The number of rotatable bonds is 7. The molecule has 3 nitrogen and oxygen atoms in total. The zero-order valence-corrected chi connectivity index (χ0v) is 33.2. The van der Waals surface area contributed by atoms with E-state index in [1.54, 1.807) is 0 Å². The first kappa shape index (κ1) is 33.9. The molecular formula is C49H34N2OP2Se. The van der Waals surface area contributed by atoms with Crippen LogP contribution in [0.25, 0.3) is 49.5 Å². The minimum atomic E-state index is -3.20. The van der Waals surface area contributed by atoms with Gasteiger partial charge >= 0.3 is 234 Å². The van der Waals surface area contributed by atoms with Crippen molar-refractivity contribution in [3.8, 4) is 11.1 Å². The summed E-state index contributed by atoms with van der Waals surface area (Å²) >= 11 is 3.69. The number of imidazole rings is 1. The van der Waals surface area contributed by atoms with Gasteiger partial charge < -0.3 is 4.57 Å². The van der Waals surface area contributed by atoms with Crippen molar-refractivity contribution in [2.24, 2.45) is 0 Å². The molecule has 0 atom stereocenters. The summed E-state index contributed by atoms with van der Waals surface area (Å²) in [5.74, 6) is 0. The second-order valence-electron chi connectivity index (χ2n) is 13.8. The zero-order chi connectivity index (χ0) is 37.0. The van der Waals surface area contributed by atoms with E-state index in [1.807, 2.05) is 72.8 Å². The maximum atomic E-state index is 15.5. The molecule has 0 aliphatic rings. The van der Waals surface area contributed by atoms with Gasteiger partial charge in [0, 0.05) is 10.6 Å². The van der Waals surface area contributed by atoms with E-state index in [0.717, 1.165) is 65.4 Å². The Morgan fingerprint density at radius 3 is 1.45 bits per heavy atom. The van der Waals surface area contributed by atoms with E-state index in [-0.39, 0.29) is 0 Å². The van der Waals surface area contributed by atoms with Crippen molar-refractivity contribution in [3.05, 3.63) is 206 Å². The fourth-order valence-corrected chi connectivity index (χ4v) is 15.6. The second kappa shape index (κ2) is 13.6. The average molecular weight is 808 g/mol. The van der Waals surface area contributed by atoms with Crippen molar-refractivity contribution in [1.29, 1.82) is 0 Å². The van der Waals surface area contributed by atoms with Gasteiger partial charge in [0.1, 0.15) is 0 Å². The van der Waals surface area contributed by atoms with E-state index >= 15 is 4.57 Å². The van der Waals surface area contributed by atoms with Crippen LogP contribution in [0.1, 0.15) is 0 Å². The molecule has 55 heavy (non-hydrogen) atoms. The quantitative estimate of drug-likeness (QED) is 0.0915. The molecule has 0 aliphatic heterocycles. The summed E-state index contributed by atoms with van der Waals surface area (Å²) in [6, 6.07) is 71.9. The van der Waals surface area contributed by atoms with Crippen LogP contribution in [0.5, 0.6) is 0 Å². The van der Waals surface area contributed by atoms with Crippen LogP contribution in [-0.4, -0.2) is 24.5 Å². The summed E-state index contributed by atoms with van der Waals surface area (Å²) < 4.78 is 17.8. The summed E-state index contributed by atoms with van der Waals surface area (Å²) in [7, 11) is -3.20. The minimum absolute atomic E-state index is 0.785. The molecule has 10 aromatic rings. The van der Waals surface area contributed by atoms with Gasteiger partial charge in [-0.15, -0.1) is 0 Å². The van der Waals surface area contributed by atoms with Gasteiger partial charge in [0.15, 0.2) is 7.14 Å². The summed E-state index contributed by atoms with van der Waals surface area (Å²) in [6.45, 7) is 0. The molecule has 0 saturated heterocycles. The Balaban J connectivity index is 1.18. The molecule has 10 rings (SSSR count). The molecule has 0 saturated carbocycles. The Morgan fingerprint density at radius 2 is 0.873 bits per heavy atom. The molecular weight excluding hydrogens is 773 g/mol. The monoisotopic (exact) mass is 808 g/mol. The average Bonchev–Trinajstić information content (AvgIpc) is 3.67. The Morgan fingerprint density at radius 1 is 0.400 bits per heavy atom. The van der Waals surface area contributed by atoms with Crippen LogP contribution in [0.3, 0.4) is 0 Å². The van der Waals surface area contributed by atoms with Crippen molar-refractivity contribution in [1.82, 2.24) is 9.38 Å². The van der Waals surface area contributed by atoms with Crippen LogP contribution in [0.4, 0.5) is 0 Å². The van der Waals surface area contributed by atoms with Crippen molar-refractivity contribution in [2.75, 3.05) is 0 Å². The second-order valence-corrected chi connectivity index (χ2v) is 22.8. The van der Waals surface area contributed by atoms with E-state index in [4.69, 9.17) is 4.98 Å². The molecule has 0 N–H and O–H groups in total. The first-order valence-electron chi connectivity index (χ1n) is 18.3. The molecule has 262 valence electrons. The first-order chi connectivity index (χ1) is 27.0.